The van der Waals surface area contributed by atoms with Crippen LogP contribution in [0.3, 0.4) is 0 Å². The summed E-state index contributed by atoms with van der Waals surface area (Å²) in [4.78, 5) is 24.6. The molecule has 5 heteroatoms. The summed E-state index contributed by atoms with van der Waals surface area (Å²) in [6, 6.07) is 15.7. The average Bonchev–Trinajstić information content (AvgIpc) is 3.63. The van der Waals surface area contributed by atoms with Gasteiger partial charge in [-0.1, -0.05) is 51.1 Å². The number of rotatable bonds is 5. The van der Waals surface area contributed by atoms with Crippen molar-refractivity contribution in [1.82, 2.24) is 0 Å². The molecule has 0 amide bonds. The quantitative estimate of drug-likeness (QED) is 0.231. The number of esters is 2. The van der Waals surface area contributed by atoms with Crippen LogP contribution in [0, 0.1) is 51.8 Å². The minimum atomic E-state index is -0.295. The molecule has 0 N–H and O–H groups in total. The molecular formula is C46H56O5. The van der Waals surface area contributed by atoms with E-state index in [1.165, 1.54) is 62.5 Å². The van der Waals surface area contributed by atoms with Crippen LogP contribution >= 0.6 is 0 Å². The SMILES string of the molecule is CC(=O)O[C@H]1CC[C@H]2[C@@H]3CC[C@H]4C=C(O[C@H]5CC[C@H]6[C@@H]7CCc8cc(OC(=O)c9ccccc9)ccc8[C@H]7CC[C@]56C)C=C[C@]4(C)[C@H]3CC[C@]12C. The molecule has 0 radical (unpaired) electrons. The van der Waals surface area contributed by atoms with Gasteiger partial charge in [0.15, 0.2) is 0 Å². The van der Waals surface area contributed by atoms with Crippen LogP contribution in [0.4, 0.5) is 0 Å². The van der Waals surface area contributed by atoms with E-state index >= 15 is 0 Å². The predicted octanol–water partition coefficient (Wildman–Crippen LogP) is 10.4. The largest absolute Gasteiger partial charge is 0.490 e. The van der Waals surface area contributed by atoms with Gasteiger partial charge in [0.05, 0.1) is 5.56 Å². The number of carbonyl (C=O) groups is 2. The molecule has 7 aliphatic rings. The molecule has 2 aromatic rings. The van der Waals surface area contributed by atoms with Gasteiger partial charge in [0.25, 0.3) is 0 Å². The van der Waals surface area contributed by atoms with Crippen molar-refractivity contribution in [3.8, 4) is 5.75 Å². The van der Waals surface area contributed by atoms with Crippen LogP contribution in [0.1, 0.15) is 126 Å². The van der Waals surface area contributed by atoms with Gasteiger partial charge in [-0.15, -0.1) is 0 Å². The fourth-order valence-corrected chi connectivity index (χ4v) is 13.5. The zero-order valence-electron chi connectivity index (χ0n) is 31.1. The van der Waals surface area contributed by atoms with Crippen LogP contribution in [-0.2, 0) is 20.7 Å². The van der Waals surface area contributed by atoms with Crippen molar-refractivity contribution in [2.75, 3.05) is 0 Å². The summed E-state index contributed by atoms with van der Waals surface area (Å²) in [5, 5.41) is 0. The summed E-state index contributed by atoms with van der Waals surface area (Å²) >= 11 is 0. The Morgan fingerprint density at radius 3 is 2.29 bits per heavy atom. The highest BCUT2D eigenvalue weighted by molar-refractivity contribution is 5.91. The van der Waals surface area contributed by atoms with Crippen molar-refractivity contribution in [3.63, 3.8) is 0 Å². The fraction of sp³-hybridized carbons (Fsp3) is 0.609. The zero-order chi connectivity index (χ0) is 35.1. The number of carbonyl (C=O) groups excluding carboxylic acids is 2. The molecule has 5 saturated carbocycles. The normalized spacial score (nSPS) is 41.8. The van der Waals surface area contributed by atoms with E-state index in [0.29, 0.717) is 52.7 Å². The Balaban J connectivity index is 0.861. The summed E-state index contributed by atoms with van der Waals surface area (Å²) in [6.07, 6.45) is 22.0. The molecule has 0 unspecified atom stereocenters. The van der Waals surface area contributed by atoms with E-state index in [4.69, 9.17) is 14.2 Å². The monoisotopic (exact) mass is 688 g/mol. The molecule has 9 rings (SSSR count). The molecule has 12 atom stereocenters. The van der Waals surface area contributed by atoms with E-state index in [2.05, 4.69) is 51.1 Å². The molecule has 0 aliphatic heterocycles. The fourth-order valence-electron chi connectivity index (χ4n) is 13.5. The van der Waals surface area contributed by atoms with Crippen LogP contribution in [-0.4, -0.2) is 24.1 Å². The summed E-state index contributed by atoms with van der Waals surface area (Å²) in [6.45, 7) is 9.07. The molecule has 0 saturated heterocycles. The first-order valence-corrected chi connectivity index (χ1v) is 20.2. The third kappa shape index (κ3) is 5.37. The highest BCUT2D eigenvalue weighted by Gasteiger charge is 2.61. The number of benzene rings is 2. The van der Waals surface area contributed by atoms with E-state index in [1.807, 2.05) is 24.3 Å². The van der Waals surface area contributed by atoms with Gasteiger partial charge in [0, 0.05) is 17.8 Å². The van der Waals surface area contributed by atoms with E-state index < -0.39 is 0 Å². The summed E-state index contributed by atoms with van der Waals surface area (Å²) in [5.41, 5.74) is 3.93. The van der Waals surface area contributed by atoms with E-state index in [0.717, 1.165) is 31.4 Å². The minimum Gasteiger partial charge on any atom is -0.490 e. The second-order valence-electron chi connectivity index (χ2n) is 18.3. The minimum absolute atomic E-state index is 0.0906. The number of hydrogen-bond donors (Lipinski definition) is 0. The summed E-state index contributed by atoms with van der Waals surface area (Å²) < 4.78 is 18.8. The Hall–Kier alpha value is -3.34. The van der Waals surface area contributed by atoms with Gasteiger partial charge in [-0.2, -0.15) is 0 Å². The van der Waals surface area contributed by atoms with E-state index in [1.54, 1.807) is 19.1 Å². The Morgan fingerprint density at radius 2 is 1.49 bits per heavy atom. The van der Waals surface area contributed by atoms with Crippen molar-refractivity contribution in [1.29, 1.82) is 0 Å². The number of fused-ring (bicyclic) bond motifs is 10. The molecule has 2 aromatic carbocycles. The number of allylic oxidation sites excluding steroid dienone is 3. The Morgan fingerprint density at radius 1 is 0.745 bits per heavy atom. The Kier molecular flexibility index (Phi) is 8.13. The van der Waals surface area contributed by atoms with Crippen molar-refractivity contribution in [3.05, 3.63) is 89.2 Å². The smallest absolute Gasteiger partial charge is 0.343 e. The molecule has 0 spiro atoms. The molecule has 0 heterocycles. The summed E-state index contributed by atoms with van der Waals surface area (Å²) in [5.74, 6) is 5.89. The second-order valence-corrected chi connectivity index (χ2v) is 18.3. The van der Waals surface area contributed by atoms with Gasteiger partial charge in [-0.25, -0.2) is 4.79 Å². The van der Waals surface area contributed by atoms with Crippen LogP contribution in [0.25, 0.3) is 0 Å². The lowest BCUT2D eigenvalue weighted by molar-refractivity contribution is -0.157. The first-order valence-electron chi connectivity index (χ1n) is 20.2. The molecule has 5 nitrogen and oxygen atoms in total. The molecule has 51 heavy (non-hydrogen) atoms. The van der Waals surface area contributed by atoms with Crippen LogP contribution in [0.15, 0.2) is 72.5 Å². The summed E-state index contributed by atoms with van der Waals surface area (Å²) in [7, 11) is 0. The van der Waals surface area contributed by atoms with Crippen LogP contribution in [0.5, 0.6) is 5.75 Å². The molecule has 5 fully saturated rings. The van der Waals surface area contributed by atoms with Gasteiger partial charge >= 0.3 is 11.9 Å². The van der Waals surface area contributed by atoms with Gasteiger partial charge in [0.2, 0.25) is 0 Å². The van der Waals surface area contributed by atoms with Crippen molar-refractivity contribution in [2.24, 2.45) is 51.8 Å². The number of hydrogen-bond acceptors (Lipinski definition) is 5. The van der Waals surface area contributed by atoms with E-state index in [9.17, 15) is 9.59 Å². The van der Waals surface area contributed by atoms with Crippen molar-refractivity contribution >= 4 is 11.9 Å². The zero-order valence-corrected chi connectivity index (χ0v) is 31.1. The number of aryl methyl sites for hydroxylation is 1. The van der Waals surface area contributed by atoms with Crippen LogP contribution < -0.4 is 4.74 Å². The van der Waals surface area contributed by atoms with Crippen molar-refractivity contribution < 1.29 is 23.8 Å². The molecule has 0 bridgehead atoms. The van der Waals surface area contributed by atoms with Gasteiger partial charge in [-0.05, 0) is 171 Å². The van der Waals surface area contributed by atoms with Crippen LogP contribution in [0.2, 0.25) is 0 Å². The highest BCUT2D eigenvalue weighted by Crippen LogP contribution is 2.66. The second kappa shape index (κ2) is 12.4. The average molecular weight is 689 g/mol. The van der Waals surface area contributed by atoms with Gasteiger partial charge < -0.3 is 14.2 Å². The predicted molar refractivity (Wildman–Crippen MR) is 198 cm³/mol. The van der Waals surface area contributed by atoms with Crippen molar-refractivity contribution in [2.45, 2.75) is 123 Å². The Labute approximate surface area is 304 Å². The maximum Gasteiger partial charge on any atom is 0.343 e. The van der Waals surface area contributed by atoms with E-state index in [-0.39, 0.29) is 40.4 Å². The molecular weight excluding hydrogens is 633 g/mol. The number of ether oxygens (including phenoxy) is 3. The van der Waals surface area contributed by atoms with Gasteiger partial charge in [0.1, 0.15) is 23.7 Å². The lowest BCUT2D eigenvalue weighted by atomic mass is 9.47. The third-order valence-electron chi connectivity index (χ3n) is 16.1. The molecule has 270 valence electrons. The lowest BCUT2D eigenvalue weighted by Gasteiger charge is -2.58. The highest BCUT2D eigenvalue weighted by atomic mass is 16.5. The van der Waals surface area contributed by atoms with Gasteiger partial charge in [-0.3, -0.25) is 4.79 Å². The third-order valence-corrected chi connectivity index (χ3v) is 16.1. The molecule has 0 aromatic heterocycles. The Bertz CT molecular complexity index is 1760. The maximum atomic E-state index is 12.7. The molecule has 7 aliphatic carbocycles. The first kappa shape index (κ1) is 33.5. The topological polar surface area (TPSA) is 61.8 Å². The standard InChI is InChI=1S/C46H56O5/c1-28(47)49-41-18-17-39-37-14-11-31-27-33(20-23-44(31,2)40(37)22-25-46(39,41)4)50-42-19-16-38-36-13-10-30-26-32(51-43(48)29-8-6-5-7-9-29)12-15-34(30)35(36)21-24-45(38,42)3/h5-9,12,15,20,23,26-27,31,35-42H,10-11,13-14,16-19,21-22,24-25H2,1-4H3/t31-,35+,36+,37-,38-,39-,40-,41-,42-,44-,45-,46-/m0/s1. The lowest BCUT2D eigenvalue weighted by Crippen LogP contribution is -2.52. The first-order chi connectivity index (χ1) is 24.6. The maximum absolute atomic E-state index is 12.7.